The highest BCUT2D eigenvalue weighted by Gasteiger charge is 2.23. The molecule has 0 spiro atoms. The zero-order chi connectivity index (χ0) is 14.7. The zero-order valence-electron chi connectivity index (χ0n) is 11.4. The van der Waals surface area contributed by atoms with Gasteiger partial charge in [0.2, 0.25) is 0 Å². The van der Waals surface area contributed by atoms with Crippen LogP contribution in [0, 0.1) is 12.7 Å². The molecule has 20 heavy (non-hydrogen) atoms. The molecule has 0 aliphatic heterocycles. The standard InChI is InChI=1S/C16H16FNO2/c1-3-18(13-9-5-4-7-11(13)2)16(20)15-12(17)8-6-10-14(15)19/h4-10,19H,3H2,1-2H3. The first kappa shape index (κ1) is 14.1. The number of hydrogen-bond acceptors (Lipinski definition) is 2. The number of rotatable bonds is 3. The molecule has 3 nitrogen and oxygen atoms in total. The summed E-state index contributed by atoms with van der Waals surface area (Å²) in [6.07, 6.45) is 0. The predicted molar refractivity (Wildman–Crippen MR) is 76.6 cm³/mol. The molecule has 0 saturated carbocycles. The molecule has 104 valence electrons. The molecule has 4 heteroatoms. The Kier molecular flexibility index (Phi) is 4.03. The van der Waals surface area contributed by atoms with E-state index in [1.165, 1.54) is 23.1 Å². The van der Waals surface area contributed by atoms with Gasteiger partial charge in [-0.1, -0.05) is 24.3 Å². The fraction of sp³-hybridized carbons (Fsp3) is 0.188. The van der Waals surface area contributed by atoms with Gasteiger partial charge in [0, 0.05) is 12.2 Å². The van der Waals surface area contributed by atoms with E-state index in [1.54, 1.807) is 6.07 Å². The van der Waals surface area contributed by atoms with E-state index in [1.807, 2.05) is 32.0 Å². The van der Waals surface area contributed by atoms with E-state index in [2.05, 4.69) is 0 Å². The van der Waals surface area contributed by atoms with Gasteiger partial charge in [0.25, 0.3) is 5.91 Å². The summed E-state index contributed by atoms with van der Waals surface area (Å²) in [6, 6.07) is 11.2. The summed E-state index contributed by atoms with van der Waals surface area (Å²) in [5.74, 6) is -1.61. The van der Waals surface area contributed by atoms with Gasteiger partial charge < -0.3 is 10.0 Å². The summed E-state index contributed by atoms with van der Waals surface area (Å²) in [6.45, 7) is 4.08. The molecule has 1 amide bonds. The Balaban J connectivity index is 2.48. The topological polar surface area (TPSA) is 40.5 Å². The van der Waals surface area contributed by atoms with Crippen molar-refractivity contribution in [1.82, 2.24) is 0 Å². The third-order valence-electron chi connectivity index (χ3n) is 3.17. The van der Waals surface area contributed by atoms with Gasteiger partial charge in [-0.15, -0.1) is 0 Å². The maximum atomic E-state index is 13.8. The first-order valence-electron chi connectivity index (χ1n) is 6.41. The summed E-state index contributed by atoms with van der Waals surface area (Å²) in [4.78, 5) is 13.9. The van der Waals surface area contributed by atoms with Gasteiger partial charge in [-0.05, 0) is 37.6 Å². The lowest BCUT2D eigenvalue weighted by Gasteiger charge is -2.23. The van der Waals surface area contributed by atoms with Crippen molar-refractivity contribution in [2.24, 2.45) is 0 Å². The SMILES string of the molecule is CCN(C(=O)c1c(O)cccc1F)c1ccccc1C. The number of carbonyl (C=O) groups is 1. The van der Waals surface area contributed by atoms with Crippen LogP contribution in [0.5, 0.6) is 5.75 Å². The number of benzene rings is 2. The van der Waals surface area contributed by atoms with Crippen LogP contribution in [0.3, 0.4) is 0 Å². The Morgan fingerprint density at radius 2 is 1.90 bits per heavy atom. The van der Waals surface area contributed by atoms with E-state index in [0.717, 1.165) is 5.56 Å². The number of para-hydroxylation sites is 1. The van der Waals surface area contributed by atoms with E-state index in [-0.39, 0.29) is 11.3 Å². The minimum atomic E-state index is -0.720. The van der Waals surface area contributed by atoms with E-state index >= 15 is 0 Å². The van der Waals surface area contributed by atoms with Gasteiger partial charge >= 0.3 is 0 Å². The van der Waals surface area contributed by atoms with E-state index in [0.29, 0.717) is 12.2 Å². The van der Waals surface area contributed by atoms with Gasteiger partial charge in [-0.2, -0.15) is 0 Å². The second kappa shape index (κ2) is 5.74. The Morgan fingerprint density at radius 3 is 2.50 bits per heavy atom. The van der Waals surface area contributed by atoms with Crippen LogP contribution in [-0.4, -0.2) is 17.6 Å². The molecular formula is C16H16FNO2. The molecule has 0 bridgehead atoms. The lowest BCUT2D eigenvalue weighted by molar-refractivity contribution is 0.0981. The summed E-state index contributed by atoms with van der Waals surface area (Å²) >= 11 is 0. The quantitative estimate of drug-likeness (QED) is 0.929. The van der Waals surface area contributed by atoms with Crippen LogP contribution in [0.15, 0.2) is 42.5 Å². The molecule has 0 aromatic heterocycles. The normalized spacial score (nSPS) is 10.3. The van der Waals surface area contributed by atoms with Crippen LogP contribution in [0.1, 0.15) is 22.8 Å². The number of carbonyl (C=O) groups excluding carboxylic acids is 1. The van der Waals surface area contributed by atoms with E-state index in [9.17, 15) is 14.3 Å². The second-order valence-corrected chi connectivity index (χ2v) is 4.47. The number of nitrogens with zero attached hydrogens (tertiary/aromatic N) is 1. The van der Waals surface area contributed by atoms with Crippen molar-refractivity contribution in [2.45, 2.75) is 13.8 Å². The largest absolute Gasteiger partial charge is 0.507 e. The molecule has 2 rings (SSSR count). The van der Waals surface area contributed by atoms with Crippen LogP contribution in [0.2, 0.25) is 0 Å². The summed E-state index contributed by atoms with van der Waals surface area (Å²) in [5, 5.41) is 9.73. The molecule has 0 heterocycles. The van der Waals surface area contributed by atoms with E-state index in [4.69, 9.17) is 0 Å². The maximum Gasteiger partial charge on any atom is 0.265 e. The summed E-state index contributed by atoms with van der Waals surface area (Å²) in [7, 11) is 0. The molecule has 0 saturated heterocycles. The molecular weight excluding hydrogens is 257 g/mol. The van der Waals surface area contributed by atoms with Gasteiger partial charge in [-0.25, -0.2) is 4.39 Å². The van der Waals surface area contributed by atoms with Crippen molar-refractivity contribution in [1.29, 1.82) is 0 Å². The van der Waals surface area contributed by atoms with Crippen molar-refractivity contribution in [2.75, 3.05) is 11.4 Å². The predicted octanol–water partition coefficient (Wildman–Crippen LogP) is 3.51. The number of aryl methyl sites for hydroxylation is 1. The smallest absolute Gasteiger partial charge is 0.265 e. The van der Waals surface area contributed by atoms with Crippen molar-refractivity contribution in [3.8, 4) is 5.75 Å². The monoisotopic (exact) mass is 273 g/mol. The number of aromatic hydroxyl groups is 1. The fourth-order valence-corrected chi connectivity index (χ4v) is 2.15. The molecule has 0 aliphatic rings. The van der Waals surface area contributed by atoms with Crippen molar-refractivity contribution in [3.63, 3.8) is 0 Å². The Morgan fingerprint density at radius 1 is 1.20 bits per heavy atom. The third kappa shape index (κ3) is 2.50. The van der Waals surface area contributed by atoms with Gasteiger partial charge in [0.15, 0.2) is 0 Å². The fourth-order valence-electron chi connectivity index (χ4n) is 2.15. The molecule has 0 radical (unpaired) electrons. The molecule has 2 aromatic carbocycles. The van der Waals surface area contributed by atoms with Crippen LogP contribution in [0.4, 0.5) is 10.1 Å². The average molecular weight is 273 g/mol. The van der Waals surface area contributed by atoms with Crippen LogP contribution >= 0.6 is 0 Å². The maximum absolute atomic E-state index is 13.8. The third-order valence-corrected chi connectivity index (χ3v) is 3.17. The highest BCUT2D eigenvalue weighted by molar-refractivity contribution is 6.08. The lowest BCUT2D eigenvalue weighted by Crippen LogP contribution is -2.32. The van der Waals surface area contributed by atoms with E-state index < -0.39 is 11.7 Å². The Bertz CT molecular complexity index is 620. The Labute approximate surface area is 117 Å². The number of amides is 1. The van der Waals surface area contributed by atoms with Crippen molar-refractivity contribution < 1.29 is 14.3 Å². The minimum Gasteiger partial charge on any atom is -0.507 e. The van der Waals surface area contributed by atoms with Gasteiger partial charge in [0.1, 0.15) is 17.1 Å². The highest BCUT2D eigenvalue weighted by atomic mass is 19.1. The Hall–Kier alpha value is -2.36. The zero-order valence-corrected chi connectivity index (χ0v) is 11.4. The first-order chi connectivity index (χ1) is 9.56. The number of phenolic OH excluding ortho intramolecular Hbond substituents is 1. The highest BCUT2D eigenvalue weighted by Crippen LogP contribution is 2.26. The molecule has 1 N–H and O–H groups in total. The van der Waals surface area contributed by atoms with Crippen LogP contribution in [0.25, 0.3) is 0 Å². The number of halogens is 1. The first-order valence-corrected chi connectivity index (χ1v) is 6.41. The molecule has 0 aliphatic carbocycles. The molecule has 0 atom stereocenters. The summed E-state index contributed by atoms with van der Waals surface area (Å²) in [5.41, 5.74) is 1.33. The van der Waals surface area contributed by atoms with Crippen LogP contribution < -0.4 is 4.90 Å². The van der Waals surface area contributed by atoms with Gasteiger partial charge in [0.05, 0.1) is 0 Å². The van der Waals surface area contributed by atoms with Crippen LogP contribution in [-0.2, 0) is 0 Å². The minimum absolute atomic E-state index is 0.294. The molecule has 0 unspecified atom stereocenters. The van der Waals surface area contributed by atoms with Crippen molar-refractivity contribution in [3.05, 3.63) is 59.4 Å². The number of phenols is 1. The second-order valence-electron chi connectivity index (χ2n) is 4.47. The molecule has 0 fully saturated rings. The number of hydrogen-bond donors (Lipinski definition) is 1. The average Bonchev–Trinajstić information content (AvgIpc) is 2.41. The van der Waals surface area contributed by atoms with Gasteiger partial charge in [-0.3, -0.25) is 4.79 Å². The lowest BCUT2D eigenvalue weighted by atomic mass is 10.1. The summed E-state index contributed by atoms with van der Waals surface area (Å²) < 4.78 is 13.8. The number of anilines is 1. The van der Waals surface area contributed by atoms with Crippen molar-refractivity contribution >= 4 is 11.6 Å². The molecule has 2 aromatic rings.